The predicted octanol–water partition coefficient (Wildman–Crippen LogP) is 4.39. The fourth-order valence-electron chi connectivity index (χ4n) is 4.92. The highest BCUT2D eigenvalue weighted by molar-refractivity contribution is 5.74. The summed E-state index contributed by atoms with van der Waals surface area (Å²) < 4.78 is 29.5. The Hall–Kier alpha value is -3.54. The lowest BCUT2D eigenvalue weighted by molar-refractivity contribution is 0.171. The van der Waals surface area contributed by atoms with Crippen molar-refractivity contribution in [2.45, 2.75) is 5.41 Å². The van der Waals surface area contributed by atoms with E-state index < -0.39 is 0 Å². The van der Waals surface area contributed by atoms with Crippen molar-refractivity contribution < 1.29 is 23.7 Å². The quantitative estimate of drug-likeness (QED) is 0.630. The second-order valence-electron chi connectivity index (χ2n) is 8.15. The largest absolute Gasteiger partial charge is 0.497 e. The standard InChI is InChI=1S/C25H23NO5/c1-26-14-25(15-30-21-13-23-22(12-18(21)25)28-10-11-29-23)24-19(26)4-3-5-20(24)31-17-8-6-16(27-2)7-9-17/h3-9,12-13H,10-11,14-15H2,1-2H3. The van der Waals surface area contributed by atoms with Crippen molar-refractivity contribution in [3.63, 3.8) is 0 Å². The molecule has 0 radical (unpaired) electrons. The van der Waals surface area contributed by atoms with Gasteiger partial charge in [-0.15, -0.1) is 0 Å². The van der Waals surface area contributed by atoms with Crippen molar-refractivity contribution in [2.24, 2.45) is 0 Å². The van der Waals surface area contributed by atoms with Crippen LogP contribution in [0.5, 0.6) is 34.5 Å². The summed E-state index contributed by atoms with van der Waals surface area (Å²) in [4.78, 5) is 2.27. The predicted molar refractivity (Wildman–Crippen MR) is 116 cm³/mol. The summed E-state index contributed by atoms with van der Waals surface area (Å²) in [5.41, 5.74) is 3.08. The molecular weight excluding hydrogens is 394 g/mol. The second-order valence-corrected chi connectivity index (χ2v) is 8.15. The van der Waals surface area contributed by atoms with E-state index in [-0.39, 0.29) is 5.41 Å². The Bertz CT molecular complexity index is 1160. The van der Waals surface area contributed by atoms with Crippen LogP contribution in [0.4, 0.5) is 5.69 Å². The molecule has 1 unspecified atom stereocenters. The highest BCUT2D eigenvalue weighted by Gasteiger charge is 2.51. The van der Waals surface area contributed by atoms with Crippen molar-refractivity contribution in [3.05, 3.63) is 65.7 Å². The summed E-state index contributed by atoms with van der Waals surface area (Å²) in [5, 5.41) is 0. The third kappa shape index (κ3) is 2.71. The van der Waals surface area contributed by atoms with Crippen LogP contribution in [0.3, 0.4) is 0 Å². The van der Waals surface area contributed by atoms with Crippen molar-refractivity contribution in [2.75, 3.05) is 45.4 Å². The molecule has 0 aliphatic carbocycles. The number of methoxy groups -OCH3 is 1. The van der Waals surface area contributed by atoms with Crippen LogP contribution in [0, 0.1) is 0 Å². The molecule has 0 N–H and O–H groups in total. The minimum atomic E-state index is -0.335. The van der Waals surface area contributed by atoms with Gasteiger partial charge >= 0.3 is 0 Å². The lowest BCUT2D eigenvalue weighted by Crippen LogP contribution is -2.34. The van der Waals surface area contributed by atoms with E-state index in [1.54, 1.807) is 7.11 Å². The second kappa shape index (κ2) is 6.74. The van der Waals surface area contributed by atoms with Gasteiger partial charge in [-0.1, -0.05) is 6.07 Å². The Morgan fingerprint density at radius 1 is 0.871 bits per heavy atom. The first-order valence-corrected chi connectivity index (χ1v) is 10.4. The van der Waals surface area contributed by atoms with Gasteiger partial charge in [-0.2, -0.15) is 0 Å². The summed E-state index contributed by atoms with van der Waals surface area (Å²) in [6.07, 6.45) is 0. The van der Waals surface area contributed by atoms with Crippen molar-refractivity contribution >= 4 is 5.69 Å². The smallest absolute Gasteiger partial charge is 0.165 e. The number of hydrogen-bond donors (Lipinski definition) is 0. The summed E-state index contributed by atoms with van der Waals surface area (Å²) in [7, 11) is 3.77. The van der Waals surface area contributed by atoms with E-state index in [1.807, 2.05) is 42.5 Å². The van der Waals surface area contributed by atoms with E-state index in [0.717, 1.165) is 57.9 Å². The van der Waals surface area contributed by atoms with Gasteiger partial charge in [-0.05, 0) is 42.5 Å². The molecule has 31 heavy (non-hydrogen) atoms. The molecule has 6 rings (SSSR count). The first-order chi connectivity index (χ1) is 15.2. The van der Waals surface area contributed by atoms with Gasteiger partial charge in [-0.3, -0.25) is 0 Å². The number of rotatable bonds is 3. The van der Waals surface area contributed by atoms with Crippen molar-refractivity contribution in [1.82, 2.24) is 0 Å². The number of anilines is 1. The first kappa shape index (κ1) is 18.2. The third-order valence-electron chi connectivity index (χ3n) is 6.32. The zero-order chi connectivity index (χ0) is 21.0. The average Bonchev–Trinajstić information content (AvgIpc) is 3.30. The molecule has 3 aromatic rings. The number of nitrogens with zero attached hydrogens (tertiary/aromatic N) is 1. The van der Waals surface area contributed by atoms with Crippen LogP contribution in [0.25, 0.3) is 0 Å². The first-order valence-electron chi connectivity index (χ1n) is 10.4. The molecule has 6 heteroatoms. The van der Waals surface area contributed by atoms with Crippen LogP contribution >= 0.6 is 0 Å². The van der Waals surface area contributed by atoms with Gasteiger partial charge in [0.1, 0.15) is 42.8 Å². The lowest BCUT2D eigenvalue weighted by Gasteiger charge is -2.26. The number of benzene rings is 3. The molecule has 3 aliphatic heterocycles. The monoisotopic (exact) mass is 417 g/mol. The third-order valence-corrected chi connectivity index (χ3v) is 6.32. The van der Waals surface area contributed by atoms with E-state index in [1.165, 1.54) is 0 Å². The number of likely N-dealkylation sites (N-methyl/N-ethyl adjacent to an activating group) is 1. The van der Waals surface area contributed by atoms with Gasteiger partial charge in [0.05, 0.1) is 12.5 Å². The van der Waals surface area contributed by atoms with Gasteiger partial charge in [-0.25, -0.2) is 0 Å². The molecular formula is C25H23NO5. The topological polar surface area (TPSA) is 49.4 Å². The van der Waals surface area contributed by atoms with Crippen LogP contribution in [-0.2, 0) is 5.41 Å². The summed E-state index contributed by atoms with van der Waals surface area (Å²) >= 11 is 0. The Labute approximate surface area is 180 Å². The van der Waals surface area contributed by atoms with E-state index in [9.17, 15) is 0 Å². The molecule has 158 valence electrons. The molecule has 1 atom stereocenters. The molecule has 3 aromatic carbocycles. The highest BCUT2D eigenvalue weighted by Crippen LogP contribution is 2.56. The minimum absolute atomic E-state index is 0.335. The zero-order valence-corrected chi connectivity index (χ0v) is 17.5. The van der Waals surface area contributed by atoms with Crippen molar-refractivity contribution in [1.29, 1.82) is 0 Å². The van der Waals surface area contributed by atoms with Gasteiger partial charge in [0, 0.05) is 36.5 Å². The van der Waals surface area contributed by atoms with Gasteiger partial charge in [0.15, 0.2) is 11.5 Å². The van der Waals surface area contributed by atoms with E-state index in [0.29, 0.717) is 19.8 Å². The Kier molecular flexibility index (Phi) is 3.96. The van der Waals surface area contributed by atoms with Crippen LogP contribution < -0.4 is 28.6 Å². The average molecular weight is 417 g/mol. The van der Waals surface area contributed by atoms with Gasteiger partial charge in [0.2, 0.25) is 0 Å². The van der Waals surface area contributed by atoms with E-state index >= 15 is 0 Å². The van der Waals surface area contributed by atoms with Crippen LogP contribution in [-0.4, -0.2) is 40.5 Å². The summed E-state index contributed by atoms with van der Waals surface area (Å²) in [6.45, 7) is 2.47. The molecule has 0 amide bonds. The molecule has 0 fully saturated rings. The van der Waals surface area contributed by atoms with Crippen molar-refractivity contribution in [3.8, 4) is 34.5 Å². The maximum Gasteiger partial charge on any atom is 0.165 e. The van der Waals surface area contributed by atoms with Crippen LogP contribution in [0.1, 0.15) is 11.1 Å². The van der Waals surface area contributed by atoms with Crippen LogP contribution in [0.2, 0.25) is 0 Å². The minimum Gasteiger partial charge on any atom is -0.497 e. The fraction of sp³-hybridized carbons (Fsp3) is 0.280. The Balaban J connectivity index is 1.47. The summed E-state index contributed by atoms with van der Waals surface area (Å²) in [5.74, 6) is 4.77. The molecule has 3 heterocycles. The maximum atomic E-state index is 6.39. The van der Waals surface area contributed by atoms with Crippen LogP contribution in [0.15, 0.2) is 54.6 Å². The molecule has 0 saturated heterocycles. The molecule has 1 spiro atoms. The highest BCUT2D eigenvalue weighted by atomic mass is 16.6. The Morgan fingerprint density at radius 2 is 1.61 bits per heavy atom. The lowest BCUT2D eigenvalue weighted by atomic mass is 9.77. The number of ether oxygens (including phenoxy) is 5. The molecule has 0 aromatic heterocycles. The summed E-state index contributed by atoms with van der Waals surface area (Å²) in [6, 6.07) is 17.9. The molecule has 6 nitrogen and oxygen atoms in total. The van der Waals surface area contributed by atoms with Gasteiger partial charge < -0.3 is 28.6 Å². The molecule has 3 aliphatic rings. The molecule has 0 bridgehead atoms. The number of fused-ring (bicyclic) bond motifs is 5. The molecule has 0 saturated carbocycles. The SMILES string of the molecule is COc1ccc(Oc2cccc3c2C2(COc4cc5c(cc42)OCCO5)CN3C)cc1. The normalized spacial score (nSPS) is 20.3. The maximum absolute atomic E-state index is 6.39. The zero-order valence-electron chi connectivity index (χ0n) is 17.5. The fourth-order valence-corrected chi connectivity index (χ4v) is 4.92. The van der Waals surface area contributed by atoms with Gasteiger partial charge in [0.25, 0.3) is 0 Å². The Morgan fingerprint density at radius 3 is 2.39 bits per heavy atom. The van der Waals surface area contributed by atoms with E-state index in [4.69, 9.17) is 23.7 Å². The van der Waals surface area contributed by atoms with E-state index in [2.05, 4.69) is 24.1 Å². The number of hydrogen-bond acceptors (Lipinski definition) is 6.